The highest BCUT2D eigenvalue weighted by Crippen LogP contribution is 2.26. The SMILES string of the molecule is Cl.Oc1ccccc1C=Cc1cnc(Nc2ccc(N3CCNCC3)cc2)s1. The standard InChI is InChI=1S/C21H22N4OS.ClH/c26-20-4-2-1-3-16(20)5-10-19-15-23-21(27-19)24-17-6-8-18(9-7-17)25-13-11-22-12-14-25;/h1-10,15,22,26H,11-14H2,(H,23,24);1H. The summed E-state index contributed by atoms with van der Waals surface area (Å²) in [5, 5.41) is 17.4. The first-order valence-electron chi connectivity index (χ1n) is 9.02. The molecule has 0 atom stereocenters. The number of aromatic nitrogens is 1. The molecule has 146 valence electrons. The van der Waals surface area contributed by atoms with Gasteiger partial charge in [-0.15, -0.1) is 12.4 Å². The summed E-state index contributed by atoms with van der Waals surface area (Å²) in [5.74, 6) is 0.279. The largest absolute Gasteiger partial charge is 0.507 e. The molecule has 0 radical (unpaired) electrons. The van der Waals surface area contributed by atoms with Crippen LogP contribution in [-0.4, -0.2) is 36.3 Å². The van der Waals surface area contributed by atoms with Gasteiger partial charge >= 0.3 is 0 Å². The summed E-state index contributed by atoms with van der Waals surface area (Å²) < 4.78 is 0. The summed E-state index contributed by atoms with van der Waals surface area (Å²) in [6, 6.07) is 15.8. The molecule has 1 saturated heterocycles. The van der Waals surface area contributed by atoms with Crippen molar-refractivity contribution in [2.24, 2.45) is 0 Å². The summed E-state index contributed by atoms with van der Waals surface area (Å²) >= 11 is 1.58. The van der Waals surface area contributed by atoms with Gasteiger partial charge in [-0.05, 0) is 42.5 Å². The summed E-state index contributed by atoms with van der Waals surface area (Å²) in [7, 11) is 0. The maximum Gasteiger partial charge on any atom is 0.187 e. The Bertz CT molecular complexity index is 920. The van der Waals surface area contributed by atoms with Crippen LogP contribution in [0.15, 0.2) is 54.7 Å². The number of phenolic OH excluding ortho intramolecular Hbond substituents is 1. The van der Waals surface area contributed by atoms with E-state index in [1.807, 2.05) is 36.5 Å². The van der Waals surface area contributed by atoms with Crippen molar-refractivity contribution in [2.75, 3.05) is 36.4 Å². The topological polar surface area (TPSA) is 60.4 Å². The van der Waals surface area contributed by atoms with Gasteiger partial charge in [-0.2, -0.15) is 0 Å². The zero-order chi connectivity index (χ0) is 18.5. The minimum Gasteiger partial charge on any atom is -0.507 e. The number of piperazine rings is 1. The number of nitrogens with one attached hydrogen (secondary N) is 2. The average Bonchev–Trinajstić information content (AvgIpc) is 3.16. The molecule has 1 aliphatic heterocycles. The number of hydrogen-bond acceptors (Lipinski definition) is 6. The first-order chi connectivity index (χ1) is 13.3. The summed E-state index contributed by atoms with van der Waals surface area (Å²) in [5.41, 5.74) is 3.08. The lowest BCUT2D eigenvalue weighted by atomic mass is 10.2. The van der Waals surface area contributed by atoms with E-state index in [2.05, 4.69) is 44.8 Å². The molecule has 0 unspecified atom stereocenters. The lowest BCUT2D eigenvalue weighted by molar-refractivity contribution is 0.474. The molecule has 0 aliphatic carbocycles. The maximum atomic E-state index is 9.82. The molecule has 2 aromatic carbocycles. The third kappa shape index (κ3) is 5.04. The molecule has 5 nitrogen and oxygen atoms in total. The van der Waals surface area contributed by atoms with Crippen molar-refractivity contribution in [2.45, 2.75) is 0 Å². The van der Waals surface area contributed by atoms with Crippen LogP contribution in [0, 0.1) is 0 Å². The van der Waals surface area contributed by atoms with Crippen LogP contribution < -0.4 is 15.5 Å². The van der Waals surface area contributed by atoms with Gasteiger partial charge in [0.05, 0.1) is 0 Å². The molecule has 28 heavy (non-hydrogen) atoms. The number of rotatable bonds is 5. The zero-order valence-electron chi connectivity index (χ0n) is 15.3. The van der Waals surface area contributed by atoms with Crippen LogP contribution in [0.5, 0.6) is 5.75 Å². The monoisotopic (exact) mass is 414 g/mol. The fourth-order valence-corrected chi connectivity index (χ4v) is 3.76. The Labute approximate surface area is 175 Å². The number of halogens is 1. The molecular weight excluding hydrogens is 392 g/mol. The van der Waals surface area contributed by atoms with Crippen molar-refractivity contribution in [3.05, 3.63) is 65.2 Å². The van der Waals surface area contributed by atoms with E-state index in [0.717, 1.165) is 47.4 Å². The molecule has 3 N–H and O–H groups in total. The van der Waals surface area contributed by atoms with E-state index >= 15 is 0 Å². The number of phenols is 1. The lowest BCUT2D eigenvalue weighted by Gasteiger charge is -2.29. The van der Waals surface area contributed by atoms with Gasteiger partial charge in [0.25, 0.3) is 0 Å². The van der Waals surface area contributed by atoms with E-state index in [-0.39, 0.29) is 18.2 Å². The summed E-state index contributed by atoms with van der Waals surface area (Å²) in [6.45, 7) is 4.17. The van der Waals surface area contributed by atoms with Crippen molar-refractivity contribution < 1.29 is 5.11 Å². The van der Waals surface area contributed by atoms with E-state index in [1.165, 1.54) is 5.69 Å². The molecule has 0 spiro atoms. The highest BCUT2D eigenvalue weighted by atomic mass is 35.5. The molecule has 0 bridgehead atoms. The predicted molar refractivity (Wildman–Crippen MR) is 121 cm³/mol. The Hall–Kier alpha value is -2.54. The minimum absolute atomic E-state index is 0. The van der Waals surface area contributed by atoms with Crippen LogP contribution in [0.2, 0.25) is 0 Å². The van der Waals surface area contributed by atoms with E-state index in [0.29, 0.717) is 0 Å². The molecule has 1 aromatic heterocycles. The molecular formula is C21H23ClN4OS. The second kappa shape index (κ2) is 9.59. The normalized spacial score (nSPS) is 14.1. The highest BCUT2D eigenvalue weighted by molar-refractivity contribution is 7.16. The number of thiazole rings is 1. The molecule has 1 aliphatic rings. The van der Waals surface area contributed by atoms with E-state index in [9.17, 15) is 5.11 Å². The number of hydrogen-bond donors (Lipinski definition) is 3. The Kier molecular flexibility index (Phi) is 6.92. The van der Waals surface area contributed by atoms with Gasteiger partial charge in [-0.3, -0.25) is 0 Å². The first kappa shape index (κ1) is 20.2. The van der Waals surface area contributed by atoms with Crippen LogP contribution in [0.3, 0.4) is 0 Å². The minimum atomic E-state index is 0. The number of nitrogens with zero attached hydrogens (tertiary/aromatic N) is 2. The Morgan fingerprint density at radius 2 is 1.79 bits per heavy atom. The molecule has 3 aromatic rings. The Morgan fingerprint density at radius 3 is 2.54 bits per heavy atom. The molecule has 0 saturated carbocycles. The molecule has 1 fully saturated rings. The van der Waals surface area contributed by atoms with Crippen LogP contribution in [0.25, 0.3) is 12.2 Å². The maximum absolute atomic E-state index is 9.82. The van der Waals surface area contributed by atoms with Crippen molar-refractivity contribution >= 4 is 52.4 Å². The number of benzene rings is 2. The van der Waals surface area contributed by atoms with Gasteiger partial charge in [0.15, 0.2) is 5.13 Å². The van der Waals surface area contributed by atoms with Gasteiger partial charge in [-0.25, -0.2) is 4.98 Å². The van der Waals surface area contributed by atoms with Gasteiger partial charge in [0.2, 0.25) is 0 Å². The number of aromatic hydroxyl groups is 1. The summed E-state index contributed by atoms with van der Waals surface area (Å²) in [4.78, 5) is 7.85. The van der Waals surface area contributed by atoms with Crippen molar-refractivity contribution in [1.82, 2.24) is 10.3 Å². The Morgan fingerprint density at radius 1 is 1.04 bits per heavy atom. The van der Waals surface area contributed by atoms with Gasteiger partial charge in [0, 0.05) is 54.2 Å². The van der Waals surface area contributed by atoms with Crippen LogP contribution in [0.1, 0.15) is 10.4 Å². The summed E-state index contributed by atoms with van der Waals surface area (Å²) in [6.07, 6.45) is 5.69. The predicted octanol–water partition coefficient (Wildman–Crippen LogP) is 4.59. The van der Waals surface area contributed by atoms with Crippen molar-refractivity contribution in [3.63, 3.8) is 0 Å². The zero-order valence-corrected chi connectivity index (χ0v) is 17.0. The average molecular weight is 415 g/mol. The van der Waals surface area contributed by atoms with E-state index in [1.54, 1.807) is 17.4 Å². The number of para-hydroxylation sites is 1. The molecule has 2 heterocycles. The lowest BCUT2D eigenvalue weighted by Crippen LogP contribution is -2.43. The third-order valence-electron chi connectivity index (χ3n) is 4.49. The molecule has 4 rings (SSSR count). The molecule has 7 heteroatoms. The van der Waals surface area contributed by atoms with Gasteiger partial charge < -0.3 is 20.6 Å². The fraction of sp³-hybridized carbons (Fsp3) is 0.190. The second-order valence-corrected chi connectivity index (χ2v) is 7.43. The third-order valence-corrected chi connectivity index (χ3v) is 5.37. The van der Waals surface area contributed by atoms with Crippen LogP contribution in [-0.2, 0) is 0 Å². The van der Waals surface area contributed by atoms with E-state index in [4.69, 9.17) is 0 Å². The second-order valence-electron chi connectivity index (χ2n) is 6.37. The number of anilines is 3. The van der Waals surface area contributed by atoms with Crippen molar-refractivity contribution in [1.29, 1.82) is 0 Å². The van der Waals surface area contributed by atoms with Gasteiger partial charge in [0.1, 0.15) is 5.75 Å². The quantitative estimate of drug-likeness (QED) is 0.569. The van der Waals surface area contributed by atoms with Crippen LogP contribution >= 0.6 is 23.7 Å². The molecule has 0 amide bonds. The first-order valence-corrected chi connectivity index (χ1v) is 9.84. The van der Waals surface area contributed by atoms with E-state index < -0.39 is 0 Å². The smallest absolute Gasteiger partial charge is 0.187 e. The van der Waals surface area contributed by atoms with Crippen LogP contribution in [0.4, 0.5) is 16.5 Å². The Balaban J connectivity index is 0.00000225. The van der Waals surface area contributed by atoms with Gasteiger partial charge in [-0.1, -0.05) is 29.5 Å². The fourth-order valence-electron chi connectivity index (χ4n) is 3.02. The highest BCUT2D eigenvalue weighted by Gasteiger charge is 2.10. The van der Waals surface area contributed by atoms with Crippen molar-refractivity contribution in [3.8, 4) is 5.75 Å².